The van der Waals surface area contributed by atoms with E-state index >= 15 is 0 Å². The van der Waals surface area contributed by atoms with Gasteiger partial charge in [-0.15, -0.1) is 23.5 Å². The number of rotatable bonds is 3. The minimum Gasteiger partial charge on any atom is -0.477 e. The van der Waals surface area contributed by atoms with Gasteiger partial charge in [-0.3, -0.25) is 4.79 Å². The second-order valence-corrected chi connectivity index (χ2v) is 5.68. The third-order valence-electron chi connectivity index (χ3n) is 1.79. The molecule has 2 aliphatic heterocycles. The Kier molecular flexibility index (Phi) is 4.79. The highest BCUT2D eigenvalue weighted by Gasteiger charge is 2.32. The van der Waals surface area contributed by atoms with Crippen molar-refractivity contribution in [2.24, 2.45) is 0 Å². The molecule has 7 nitrogen and oxygen atoms in total. The van der Waals surface area contributed by atoms with Crippen molar-refractivity contribution in [1.82, 2.24) is 0 Å². The van der Waals surface area contributed by atoms with Gasteiger partial charge in [-0.2, -0.15) is 0 Å². The van der Waals surface area contributed by atoms with E-state index in [9.17, 15) is 19.2 Å². The summed E-state index contributed by atoms with van der Waals surface area (Å²) < 4.78 is 4.56. The molecular weight excluding hydrogens is 284 g/mol. The van der Waals surface area contributed by atoms with Gasteiger partial charge in [0, 0.05) is 5.08 Å². The number of hydrogen-bond donors (Lipinski definition) is 2. The Balaban J connectivity index is 0.000000269. The molecule has 9 heteroatoms. The maximum Gasteiger partial charge on any atom is 0.377 e. The van der Waals surface area contributed by atoms with Gasteiger partial charge in [0.15, 0.2) is 6.10 Å². The van der Waals surface area contributed by atoms with Gasteiger partial charge in [-0.05, 0) is 6.92 Å². The zero-order chi connectivity index (χ0) is 13.9. The van der Waals surface area contributed by atoms with Crippen LogP contribution in [-0.2, 0) is 23.9 Å². The summed E-state index contributed by atoms with van der Waals surface area (Å²) in [5.41, 5.74) is -0.631. The van der Waals surface area contributed by atoms with E-state index in [4.69, 9.17) is 10.2 Å². The van der Waals surface area contributed by atoms with E-state index in [0.717, 1.165) is 0 Å². The minimum absolute atomic E-state index is 0.0787. The molecular formula is C9H8O7S2. The number of carboxylic acids is 2. The standard InChI is InChI=1S/C6H4O5S2.C3H4O2/c7-3(5(10)11)2(4(8)9)6-12-1-13-6;1-2-3(4)5-2/h1H2,(H,8,9)(H,10,11);2H,1H3. The highest BCUT2D eigenvalue weighted by molar-refractivity contribution is 8.37. The Bertz CT molecular complexity index is 448. The zero-order valence-corrected chi connectivity index (χ0v) is 10.7. The highest BCUT2D eigenvalue weighted by atomic mass is 32.3. The number of carbonyl (C=O) groups excluding carboxylic acids is 2. The van der Waals surface area contributed by atoms with Crippen LogP contribution in [0.3, 0.4) is 0 Å². The van der Waals surface area contributed by atoms with Gasteiger partial charge in [0.25, 0.3) is 5.78 Å². The summed E-state index contributed by atoms with van der Waals surface area (Å²) in [6.07, 6.45) is -0.0880. The number of ether oxygens (including phenoxy) is 1. The number of thioether (sulfide) groups is 2. The normalized spacial score (nSPS) is 19.7. The predicted molar refractivity (Wildman–Crippen MR) is 62.9 cm³/mol. The van der Waals surface area contributed by atoms with Crippen LogP contribution < -0.4 is 0 Å². The number of Topliss-reactive ketones (excluding diaryl/α,β-unsaturated/α-hetero) is 1. The van der Waals surface area contributed by atoms with Crippen molar-refractivity contribution in [3.8, 4) is 0 Å². The van der Waals surface area contributed by atoms with Crippen LogP contribution in [0.25, 0.3) is 0 Å². The second kappa shape index (κ2) is 5.91. The third kappa shape index (κ3) is 3.77. The molecule has 1 unspecified atom stereocenters. The van der Waals surface area contributed by atoms with Crippen LogP contribution in [0.4, 0.5) is 0 Å². The van der Waals surface area contributed by atoms with Gasteiger partial charge in [0.05, 0.1) is 4.24 Å². The molecule has 0 saturated carbocycles. The smallest absolute Gasteiger partial charge is 0.377 e. The molecule has 0 bridgehead atoms. The Morgan fingerprint density at radius 3 is 1.83 bits per heavy atom. The molecule has 0 aliphatic carbocycles. The number of epoxide rings is 1. The molecule has 2 N–H and O–H groups in total. The fourth-order valence-corrected chi connectivity index (χ4v) is 2.38. The Hall–Kier alpha value is -1.48. The molecule has 0 aromatic rings. The van der Waals surface area contributed by atoms with Crippen molar-refractivity contribution >= 4 is 47.2 Å². The lowest BCUT2D eigenvalue weighted by Crippen LogP contribution is -2.22. The van der Waals surface area contributed by atoms with E-state index < -0.39 is 23.3 Å². The Labute approximate surface area is 110 Å². The Morgan fingerprint density at radius 1 is 1.22 bits per heavy atom. The lowest BCUT2D eigenvalue weighted by molar-refractivity contribution is -0.149. The average Bonchev–Trinajstić information content (AvgIpc) is 2.84. The predicted octanol–water partition coefficient (Wildman–Crippen LogP) is 0.306. The van der Waals surface area contributed by atoms with Crippen molar-refractivity contribution in [3.63, 3.8) is 0 Å². The second-order valence-electron chi connectivity index (χ2n) is 3.09. The molecule has 2 saturated heterocycles. The van der Waals surface area contributed by atoms with E-state index in [-0.39, 0.29) is 16.3 Å². The molecule has 2 aliphatic rings. The number of carboxylic acid groups (broad SMARTS) is 2. The van der Waals surface area contributed by atoms with Crippen LogP contribution in [0.5, 0.6) is 0 Å². The highest BCUT2D eigenvalue weighted by Crippen LogP contribution is 2.45. The van der Waals surface area contributed by atoms with Gasteiger partial charge in [0.2, 0.25) is 0 Å². The third-order valence-corrected chi connectivity index (χ3v) is 4.37. The lowest BCUT2D eigenvalue weighted by Gasteiger charge is -2.16. The zero-order valence-electron chi connectivity index (χ0n) is 9.04. The average molecular weight is 292 g/mol. The molecule has 1 atom stereocenters. The SMILES string of the molecule is CC1OC1=O.O=C(O)C(=O)C(C(=O)O)=C1SCS1. The maximum absolute atomic E-state index is 10.9. The summed E-state index contributed by atoms with van der Waals surface area (Å²) >= 11 is 2.33. The first-order chi connectivity index (χ1) is 8.34. The van der Waals surface area contributed by atoms with Gasteiger partial charge >= 0.3 is 17.9 Å². The van der Waals surface area contributed by atoms with Crippen molar-refractivity contribution in [2.45, 2.75) is 13.0 Å². The summed E-state index contributed by atoms with van der Waals surface area (Å²) in [6.45, 7) is 1.72. The van der Waals surface area contributed by atoms with E-state index in [1.807, 2.05) is 0 Å². The van der Waals surface area contributed by atoms with Crippen LogP contribution >= 0.6 is 23.5 Å². The first-order valence-corrected chi connectivity index (χ1v) is 6.53. The van der Waals surface area contributed by atoms with Crippen LogP contribution in [0.15, 0.2) is 9.81 Å². The van der Waals surface area contributed by atoms with E-state index in [0.29, 0.717) is 5.08 Å². The molecule has 98 valence electrons. The molecule has 2 rings (SSSR count). The number of ketones is 1. The van der Waals surface area contributed by atoms with Crippen molar-refractivity contribution in [2.75, 3.05) is 5.08 Å². The van der Waals surface area contributed by atoms with Gasteiger partial charge in [-0.1, -0.05) is 0 Å². The fourth-order valence-electron chi connectivity index (χ4n) is 0.786. The van der Waals surface area contributed by atoms with Crippen molar-refractivity contribution in [3.05, 3.63) is 9.81 Å². The van der Waals surface area contributed by atoms with Crippen LogP contribution in [0, 0.1) is 0 Å². The topological polar surface area (TPSA) is 121 Å². The monoisotopic (exact) mass is 292 g/mol. The molecule has 0 radical (unpaired) electrons. The van der Waals surface area contributed by atoms with Crippen molar-refractivity contribution < 1.29 is 34.1 Å². The molecule has 2 heterocycles. The molecule has 2 fully saturated rings. The van der Waals surface area contributed by atoms with Gasteiger partial charge < -0.3 is 14.9 Å². The number of hydrogen-bond acceptors (Lipinski definition) is 7. The van der Waals surface area contributed by atoms with Crippen molar-refractivity contribution in [1.29, 1.82) is 0 Å². The van der Waals surface area contributed by atoms with E-state index in [1.54, 1.807) is 6.92 Å². The van der Waals surface area contributed by atoms with Crippen LogP contribution in [0.1, 0.15) is 6.92 Å². The summed E-state index contributed by atoms with van der Waals surface area (Å²) in [5, 5.41) is 17.5. The molecule has 18 heavy (non-hydrogen) atoms. The van der Waals surface area contributed by atoms with E-state index in [2.05, 4.69) is 4.74 Å². The number of cyclic esters (lactones) is 1. The Morgan fingerprint density at radius 2 is 1.67 bits per heavy atom. The largest absolute Gasteiger partial charge is 0.477 e. The number of aliphatic carboxylic acids is 2. The summed E-state index contributed by atoms with van der Waals surface area (Å²) in [5.74, 6) is -4.66. The first kappa shape index (κ1) is 14.6. The molecule has 0 spiro atoms. The molecule has 0 aromatic carbocycles. The molecule has 0 amide bonds. The van der Waals surface area contributed by atoms with Crippen LogP contribution in [-0.4, -0.2) is 45.1 Å². The fraction of sp³-hybridized carbons (Fsp3) is 0.333. The van der Waals surface area contributed by atoms with Gasteiger partial charge in [-0.25, -0.2) is 14.4 Å². The first-order valence-electron chi connectivity index (χ1n) is 4.56. The molecule has 0 aromatic heterocycles. The number of carbonyl (C=O) groups is 4. The van der Waals surface area contributed by atoms with Gasteiger partial charge in [0.1, 0.15) is 5.57 Å². The maximum atomic E-state index is 10.9. The van der Waals surface area contributed by atoms with Crippen LogP contribution in [0.2, 0.25) is 0 Å². The summed E-state index contributed by atoms with van der Waals surface area (Å²) in [6, 6.07) is 0. The van der Waals surface area contributed by atoms with E-state index in [1.165, 1.54) is 23.5 Å². The summed E-state index contributed by atoms with van der Waals surface area (Å²) in [4.78, 5) is 41.3. The lowest BCUT2D eigenvalue weighted by atomic mass is 10.2. The minimum atomic E-state index is -1.74. The quantitative estimate of drug-likeness (QED) is 0.249. The summed E-state index contributed by atoms with van der Waals surface area (Å²) in [7, 11) is 0.